The van der Waals surface area contributed by atoms with Crippen LogP contribution in [0.15, 0.2) is 0 Å². The van der Waals surface area contributed by atoms with E-state index in [1.165, 1.54) is 0 Å². The molecule has 0 heterocycles. The standard InChI is InChI=1S/C19H38N4O6/c1-18(2,3)28-16(26)22-10-7-8-14(20)15(25)21-11-9-13(12-24)23-17(27)29-19(4,5)6/h13-14,24H,7-12,20H2,1-6H3,(H,21,25)(H,22,26)(H,23,27)/t13-,14-/m0/s1. The number of ether oxygens (including phenoxy) is 2. The van der Waals surface area contributed by atoms with Crippen LogP contribution in [-0.2, 0) is 14.3 Å². The Bertz CT molecular complexity index is 528. The number of alkyl carbamates (subject to hydrolysis) is 2. The summed E-state index contributed by atoms with van der Waals surface area (Å²) in [6.45, 7) is 10.9. The molecule has 0 spiro atoms. The fraction of sp³-hybridized carbons (Fsp3) is 0.842. The third-order valence-corrected chi connectivity index (χ3v) is 3.43. The monoisotopic (exact) mass is 418 g/mol. The van der Waals surface area contributed by atoms with Crippen molar-refractivity contribution in [3.05, 3.63) is 0 Å². The molecular weight excluding hydrogens is 380 g/mol. The molecular formula is C19H38N4O6. The molecule has 0 aromatic rings. The highest BCUT2D eigenvalue weighted by Crippen LogP contribution is 2.07. The minimum atomic E-state index is -0.721. The average Bonchev–Trinajstić information content (AvgIpc) is 2.54. The summed E-state index contributed by atoms with van der Waals surface area (Å²) < 4.78 is 10.2. The molecule has 10 heteroatoms. The first-order valence-electron chi connectivity index (χ1n) is 9.84. The fourth-order valence-corrected chi connectivity index (χ4v) is 2.14. The van der Waals surface area contributed by atoms with Gasteiger partial charge in [-0.1, -0.05) is 0 Å². The summed E-state index contributed by atoms with van der Waals surface area (Å²) in [5.74, 6) is -0.337. The molecule has 10 nitrogen and oxygen atoms in total. The van der Waals surface area contributed by atoms with Gasteiger partial charge in [0.2, 0.25) is 5.91 Å². The van der Waals surface area contributed by atoms with Crippen LogP contribution in [0.3, 0.4) is 0 Å². The molecule has 0 rings (SSSR count). The van der Waals surface area contributed by atoms with Gasteiger partial charge in [-0.05, 0) is 60.8 Å². The van der Waals surface area contributed by atoms with E-state index in [0.29, 0.717) is 25.8 Å². The lowest BCUT2D eigenvalue weighted by Crippen LogP contribution is -2.45. The fourth-order valence-electron chi connectivity index (χ4n) is 2.14. The lowest BCUT2D eigenvalue weighted by molar-refractivity contribution is -0.122. The van der Waals surface area contributed by atoms with Gasteiger partial charge in [0, 0.05) is 13.1 Å². The molecule has 170 valence electrons. The Morgan fingerprint density at radius 2 is 1.45 bits per heavy atom. The van der Waals surface area contributed by atoms with Crippen molar-refractivity contribution in [2.75, 3.05) is 19.7 Å². The van der Waals surface area contributed by atoms with Crippen molar-refractivity contribution in [1.82, 2.24) is 16.0 Å². The van der Waals surface area contributed by atoms with Gasteiger partial charge in [-0.3, -0.25) is 4.79 Å². The number of aliphatic hydroxyl groups excluding tert-OH is 1. The molecule has 2 atom stereocenters. The van der Waals surface area contributed by atoms with E-state index in [9.17, 15) is 19.5 Å². The van der Waals surface area contributed by atoms with Crippen molar-refractivity contribution in [1.29, 1.82) is 0 Å². The molecule has 0 radical (unpaired) electrons. The zero-order valence-corrected chi connectivity index (χ0v) is 18.5. The van der Waals surface area contributed by atoms with E-state index in [4.69, 9.17) is 15.2 Å². The van der Waals surface area contributed by atoms with Crippen LogP contribution >= 0.6 is 0 Å². The van der Waals surface area contributed by atoms with E-state index in [1.54, 1.807) is 41.5 Å². The van der Waals surface area contributed by atoms with Crippen LogP contribution in [0.5, 0.6) is 0 Å². The molecule has 0 bridgehead atoms. The average molecular weight is 419 g/mol. The Labute approximate surface area is 173 Å². The lowest BCUT2D eigenvalue weighted by atomic mass is 10.1. The Morgan fingerprint density at radius 1 is 0.897 bits per heavy atom. The number of carbonyl (C=O) groups is 3. The predicted octanol–water partition coefficient (Wildman–Crippen LogP) is 1.01. The molecule has 0 aliphatic carbocycles. The normalized spacial score (nSPS) is 13.8. The van der Waals surface area contributed by atoms with Gasteiger partial charge in [0.05, 0.1) is 18.7 Å². The molecule has 0 aliphatic heterocycles. The van der Waals surface area contributed by atoms with Gasteiger partial charge in [0.25, 0.3) is 0 Å². The SMILES string of the molecule is CC(C)(C)OC(=O)NCCC[C@H](N)C(=O)NCC[C@@H](CO)NC(=O)OC(C)(C)C. The van der Waals surface area contributed by atoms with E-state index in [-0.39, 0.29) is 19.1 Å². The van der Waals surface area contributed by atoms with Crippen molar-refractivity contribution < 1.29 is 29.0 Å². The number of nitrogens with one attached hydrogen (secondary N) is 3. The molecule has 29 heavy (non-hydrogen) atoms. The van der Waals surface area contributed by atoms with Gasteiger partial charge < -0.3 is 36.3 Å². The van der Waals surface area contributed by atoms with Crippen LogP contribution in [0.25, 0.3) is 0 Å². The summed E-state index contributed by atoms with van der Waals surface area (Å²) >= 11 is 0. The van der Waals surface area contributed by atoms with E-state index in [0.717, 1.165) is 0 Å². The molecule has 0 fully saturated rings. The number of hydrogen-bond donors (Lipinski definition) is 5. The van der Waals surface area contributed by atoms with Crippen molar-refractivity contribution in [3.8, 4) is 0 Å². The first-order chi connectivity index (χ1) is 13.2. The van der Waals surface area contributed by atoms with Crippen LogP contribution in [0.4, 0.5) is 9.59 Å². The Morgan fingerprint density at radius 3 is 1.97 bits per heavy atom. The highest BCUT2D eigenvalue weighted by atomic mass is 16.6. The second-order valence-corrected chi connectivity index (χ2v) is 8.78. The highest BCUT2D eigenvalue weighted by Gasteiger charge is 2.20. The molecule has 0 aromatic carbocycles. The third-order valence-electron chi connectivity index (χ3n) is 3.43. The second kappa shape index (κ2) is 12.5. The number of nitrogens with two attached hydrogens (primary N) is 1. The summed E-state index contributed by atoms with van der Waals surface area (Å²) in [5.41, 5.74) is 4.64. The highest BCUT2D eigenvalue weighted by molar-refractivity contribution is 5.81. The van der Waals surface area contributed by atoms with Crippen molar-refractivity contribution in [2.45, 2.75) is 84.1 Å². The van der Waals surface area contributed by atoms with Gasteiger partial charge in [-0.15, -0.1) is 0 Å². The van der Waals surface area contributed by atoms with Crippen LogP contribution in [0.2, 0.25) is 0 Å². The first-order valence-corrected chi connectivity index (χ1v) is 9.84. The third kappa shape index (κ3) is 15.5. The number of hydrogen-bond acceptors (Lipinski definition) is 7. The number of aliphatic hydroxyl groups is 1. The lowest BCUT2D eigenvalue weighted by Gasteiger charge is -2.23. The molecule has 0 saturated heterocycles. The van der Waals surface area contributed by atoms with Crippen molar-refractivity contribution in [3.63, 3.8) is 0 Å². The van der Waals surface area contributed by atoms with Crippen LogP contribution in [0, 0.1) is 0 Å². The summed E-state index contributed by atoms with van der Waals surface area (Å²) in [6, 6.07) is -1.26. The quantitative estimate of drug-likeness (QED) is 0.332. The molecule has 6 N–H and O–H groups in total. The van der Waals surface area contributed by atoms with E-state index in [2.05, 4.69) is 16.0 Å². The number of rotatable bonds is 10. The Balaban J connectivity index is 4.05. The van der Waals surface area contributed by atoms with Crippen molar-refractivity contribution >= 4 is 18.1 Å². The first kappa shape index (κ1) is 26.9. The second-order valence-electron chi connectivity index (χ2n) is 8.78. The Kier molecular flexibility index (Phi) is 11.6. The smallest absolute Gasteiger partial charge is 0.407 e. The van der Waals surface area contributed by atoms with Crippen LogP contribution < -0.4 is 21.7 Å². The minimum absolute atomic E-state index is 0.240. The predicted molar refractivity (Wildman–Crippen MR) is 109 cm³/mol. The number of carbonyl (C=O) groups excluding carboxylic acids is 3. The maximum atomic E-state index is 12.0. The molecule has 0 aliphatic rings. The topological polar surface area (TPSA) is 152 Å². The van der Waals surface area contributed by atoms with Gasteiger partial charge in [-0.25, -0.2) is 9.59 Å². The summed E-state index contributed by atoms with van der Waals surface area (Å²) in [6.07, 6.45) is 0.100. The van der Waals surface area contributed by atoms with Gasteiger partial charge in [-0.2, -0.15) is 0 Å². The van der Waals surface area contributed by atoms with Gasteiger partial charge in [0.1, 0.15) is 11.2 Å². The molecule has 0 saturated carbocycles. The van der Waals surface area contributed by atoms with Crippen LogP contribution in [-0.4, -0.2) is 66.2 Å². The summed E-state index contributed by atoms with van der Waals surface area (Å²) in [4.78, 5) is 35.3. The summed E-state index contributed by atoms with van der Waals surface area (Å²) in [5, 5.41) is 17.2. The van der Waals surface area contributed by atoms with Crippen LogP contribution in [0.1, 0.15) is 60.8 Å². The maximum absolute atomic E-state index is 12.0. The molecule has 0 aromatic heterocycles. The maximum Gasteiger partial charge on any atom is 0.407 e. The zero-order valence-electron chi connectivity index (χ0n) is 18.5. The van der Waals surface area contributed by atoms with Crippen molar-refractivity contribution in [2.24, 2.45) is 5.73 Å². The number of amides is 3. The Hall–Kier alpha value is -2.07. The molecule has 3 amide bonds. The van der Waals surface area contributed by atoms with Gasteiger partial charge >= 0.3 is 12.2 Å². The zero-order chi connectivity index (χ0) is 22.7. The van der Waals surface area contributed by atoms with E-state index in [1.807, 2.05) is 0 Å². The summed E-state index contributed by atoms with van der Waals surface area (Å²) in [7, 11) is 0. The molecule has 0 unspecified atom stereocenters. The van der Waals surface area contributed by atoms with E-state index >= 15 is 0 Å². The largest absolute Gasteiger partial charge is 0.444 e. The minimum Gasteiger partial charge on any atom is -0.444 e. The van der Waals surface area contributed by atoms with E-state index < -0.39 is 35.5 Å². The van der Waals surface area contributed by atoms with Gasteiger partial charge in [0.15, 0.2) is 0 Å².